The largest absolute Gasteiger partial charge is 0.347 e. The van der Waals surface area contributed by atoms with Crippen molar-refractivity contribution in [1.82, 2.24) is 10.3 Å². The van der Waals surface area contributed by atoms with Gasteiger partial charge in [0.15, 0.2) is 5.13 Å². The molecular weight excluding hydrogens is 432 g/mol. The molecule has 0 aliphatic carbocycles. The molecule has 2 heterocycles. The van der Waals surface area contributed by atoms with Crippen LogP contribution in [0.15, 0.2) is 48.5 Å². The number of carbonyl (C=O) groups excluding carboxylic acids is 2. The minimum atomic E-state index is -0.355. The van der Waals surface area contributed by atoms with Gasteiger partial charge in [0.2, 0.25) is 5.91 Å². The third kappa shape index (κ3) is 5.02. The molecule has 4 rings (SSSR count). The van der Waals surface area contributed by atoms with Gasteiger partial charge in [-0.1, -0.05) is 35.6 Å². The van der Waals surface area contributed by atoms with Gasteiger partial charge < -0.3 is 5.32 Å². The van der Waals surface area contributed by atoms with Crippen molar-refractivity contribution in [2.24, 2.45) is 5.92 Å². The molecule has 0 spiro atoms. The van der Waals surface area contributed by atoms with E-state index in [9.17, 15) is 18.4 Å². The molecule has 1 fully saturated rings. The standard InChI is InChI=1S/C24H23F2N3O2S/c1-15-21(22(30)27-14-17-4-2-6-20(26)13-17)32-24(28-15)29-11-3-5-18(23(29)31)12-16-7-9-19(25)10-8-16/h2,4,6-10,13,18H,3,5,11-12,14H2,1H3,(H,27,30). The number of hydrogen-bond acceptors (Lipinski definition) is 4. The molecule has 0 radical (unpaired) electrons. The van der Waals surface area contributed by atoms with E-state index in [0.29, 0.717) is 34.2 Å². The van der Waals surface area contributed by atoms with Crippen molar-refractivity contribution in [3.05, 3.63) is 81.9 Å². The summed E-state index contributed by atoms with van der Waals surface area (Å²) in [4.78, 5) is 32.3. The van der Waals surface area contributed by atoms with Crippen molar-refractivity contribution in [2.45, 2.75) is 32.7 Å². The van der Waals surface area contributed by atoms with Gasteiger partial charge in [-0.3, -0.25) is 14.5 Å². The van der Waals surface area contributed by atoms with Crippen LogP contribution in [0, 0.1) is 24.5 Å². The van der Waals surface area contributed by atoms with E-state index in [0.717, 1.165) is 18.4 Å². The lowest BCUT2D eigenvalue weighted by molar-refractivity contribution is -0.123. The second-order valence-corrected chi connectivity index (χ2v) is 8.86. The monoisotopic (exact) mass is 455 g/mol. The summed E-state index contributed by atoms with van der Waals surface area (Å²) < 4.78 is 26.5. The number of aromatic nitrogens is 1. The third-order valence-electron chi connectivity index (χ3n) is 5.51. The van der Waals surface area contributed by atoms with Crippen molar-refractivity contribution in [3.8, 4) is 0 Å². The maximum atomic E-state index is 13.3. The molecule has 5 nitrogen and oxygen atoms in total. The first-order valence-electron chi connectivity index (χ1n) is 10.5. The predicted molar refractivity (Wildman–Crippen MR) is 120 cm³/mol. The van der Waals surface area contributed by atoms with E-state index < -0.39 is 0 Å². The fraction of sp³-hybridized carbons (Fsp3) is 0.292. The first-order chi connectivity index (χ1) is 15.4. The highest BCUT2D eigenvalue weighted by atomic mass is 32.1. The average Bonchev–Trinajstić information content (AvgIpc) is 3.16. The van der Waals surface area contributed by atoms with E-state index in [1.165, 1.54) is 35.6 Å². The van der Waals surface area contributed by atoms with Crippen molar-refractivity contribution in [1.29, 1.82) is 0 Å². The molecule has 1 aromatic heterocycles. The molecule has 32 heavy (non-hydrogen) atoms. The summed E-state index contributed by atoms with van der Waals surface area (Å²) in [6.45, 7) is 2.49. The van der Waals surface area contributed by atoms with Crippen molar-refractivity contribution >= 4 is 28.3 Å². The smallest absolute Gasteiger partial charge is 0.263 e. The number of thiazole rings is 1. The van der Waals surface area contributed by atoms with Gasteiger partial charge in [-0.05, 0) is 61.6 Å². The van der Waals surface area contributed by atoms with Crippen LogP contribution in [0.25, 0.3) is 0 Å². The Morgan fingerprint density at radius 3 is 2.69 bits per heavy atom. The molecule has 166 valence electrons. The topological polar surface area (TPSA) is 62.3 Å². The minimum absolute atomic E-state index is 0.0268. The summed E-state index contributed by atoms with van der Waals surface area (Å²) in [5.74, 6) is -1.19. The summed E-state index contributed by atoms with van der Waals surface area (Å²) in [5, 5.41) is 3.29. The molecule has 2 amide bonds. The number of carbonyl (C=O) groups is 2. The number of piperidine rings is 1. The fourth-order valence-corrected chi connectivity index (χ4v) is 4.87. The normalized spacial score (nSPS) is 16.3. The van der Waals surface area contributed by atoms with Crippen LogP contribution in [0.2, 0.25) is 0 Å². The lowest BCUT2D eigenvalue weighted by Crippen LogP contribution is -2.42. The highest BCUT2D eigenvalue weighted by Gasteiger charge is 2.32. The Bertz CT molecular complexity index is 1130. The fourth-order valence-electron chi connectivity index (χ4n) is 3.85. The van der Waals surface area contributed by atoms with Crippen LogP contribution >= 0.6 is 11.3 Å². The highest BCUT2D eigenvalue weighted by molar-refractivity contribution is 7.17. The molecule has 1 atom stereocenters. The maximum Gasteiger partial charge on any atom is 0.263 e. The van der Waals surface area contributed by atoms with E-state index in [4.69, 9.17) is 0 Å². The van der Waals surface area contributed by atoms with Crippen LogP contribution in [0.3, 0.4) is 0 Å². The Labute approximate surface area is 189 Å². The summed E-state index contributed by atoms with van der Waals surface area (Å²) in [5.41, 5.74) is 2.13. The number of amides is 2. The molecule has 1 aliphatic rings. The lowest BCUT2D eigenvalue weighted by atomic mass is 9.90. The van der Waals surface area contributed by atoms with E-state index in [1.807, 2.05) is 0 Å². The van der Waals surface area contributed by atoms with Gasteiger partial charge in [0.25, 0.3) is 5.91 Å². The first-order valence-corrected chi connectivity index (χ1v) is 11.3. The summed E-state index contributed by atoms with van der Waals surface area (Å²) in [7, 11) is 0. The third-order valence-corrected chi connectivity index (χ3v) is 6.69. The molecule has 0 saturated carbocycles. The van der Waals surface area contributed by atoms with Crippen LogP contribution in [0.5, 0.6) is 0 Å². The second-order valence-electron chi connectivity index (χ2n) is 7.88. The van der Waals surface area contributed by atoms with Gasteiger partial charge in [0, 0.05) is 19.0 Å². The van der Waals surface area contributed by atoms with Crippen molar-refractivity contribution in [2.75, 3.05) is 11.4 Å². The van der Waals surface area contributed by atoms with Gasteiger partial charge in [0.1, 0.15) is 16.5 Å². The van der Waals surface area contributed by atoms with Gasteiger partial charge >= 0.3 is 0 Å². The average molecular weight is 456 g/mol. The molecule has 1 N–H and O–H groups in total. The molecule has 2 aromatic carbocycles. The van der Waals surface area contributed by atoms with Gasteiger partial charge in [-0.25, -0.2) is 13.8 Å². The molecule has 0 bridgehead atoms. The van der Waals surface area contributed by atoms with Crippen LogP contribution < -0.4 is 10.2 Å². The zero-order chi connectivity index (χ0) is 22.7. The van der Waals surface area contributed by atoms with E-state index in [2.05, 4.69) is 10.3 Å². The highest BCUT2D eigenvalue weighted by Crippen LogP contribution is 2.31. The van der Waals surface area contributed by atoms with Gasteiger partial charge in [-0.15, -0.1) is 0 Å². The Hall–Kier alpha value is -3.13. The summed E-state index contributed by atoms with van der Waals surface area (Å²) >= 11 is 1.18. The molecule has 8 heteroatoms. The van der Waals surface area contributed by atoms with Crippen LogP contribution in [0.4, 0.5) is 13.9 Å². The van der Waals surface area contributed by atoms with E-state index in [-0.39, 0.29) is 35.9 Å². The van der Waals surface area contributed by atoms with Gasteiger partial charge in [0.05, 0.1) is 5.69 Å². The van der Waals surface area contributed by atoms with Crippen LogP contribution in [-0.2, 0) is 17.8 Å². The first kappa shape index (κ1) is 22.1. The Morgan fingerprint density at radius 2 is 1.94 bits per heavy atom. The van der Waals surface area contributed by atoms with E-state index in [1.54, 1.807) is 36.1 Å². The molecular formula is C24H23F2N3O2S. The number of benzene rings is 2. The van der Waals surface area contributed by atoms with Gasteiger partial charge in [-0.2, -0.15) is 0 Å². The summed E-state index contributed by atoms with van der Waals surface area (Å²) in [6, 6.07) is 12.3. The molecule has 1 unspecified atom stereocenters. The SMILES string of the molecule is Cc1nc(N2CCCC(Cc3ccc(F)cc3)C2=O)sc1C(=O)NCc1cccc(F)c1. The quantitative estimate of drug-likeness (QED) is 0.589. The predicted octanol–water partition coefficient (Wildman–Crippen LogP) is 4.65. The molecule has 1 aliphatic heterocycles. The number of nitrogens with one attached hydrogen (secondary N) is 1. The Balaban J connectivity index is 1.44. The molecule has 3 aromatic rings. The lowest BCUT2D eigenvalue weighted by Gasteiger charge is -2.30. The number of halogens is 2. The zero-order valence-corrected chi connectivity index (χ0v) is 18.4. The Kier molecular flexibility index (Phi) is 6.60. The molecule has 1 saturated heterocycles. The number of aryl methyl sites for hydroxylation is 1. The zero-order valence-electron chi connectivity index (χ0n) is 17.6. The number of rotatable bonds is 6. The van der Waals surface area contributed by atoms with Crippen LogP contribution in [0.1, 0.15) is 39.3 Å². The Morgan fingerprint density at radius 1 is 1.16 bits per heavy atom. The maximum absolute atomic E-state index is 13.3. The van der Waals surface area contributed by atoms with E-state index >= 15 is 0 Å². The second kappa shape index (κ2) is 9.56. The number of hydrogen-bond donors (Lipinski definition) is 1. The van der Waals surface area contributed by atoms with Crippen LogP contribution in [-0.4, -0.2) is 23.3 Å². The summed E-state index contributed by atoms with van der Waals surface area (Å²) in [6.07, 6.45) is 2.14. The minimum Gasteiger partial charge on any atom is -0.347 e. The number of anilines is 1. The van der Waals surface area contributed by atoms with Crippen molar-refractivity contribution < 1.29 is 18.4 Å². The number of nitrogens with zero attached hydrogens (tertiary/aromatic N) is 2. The van der Waals surface area contributed by atoms with Crippen molar-refractivity contribution in [3.63, 3.8) is 0 Å².